The molecule has 3 heteroatoms. The molecule has 0 amide bonds. The van der Waals surface area contributed by atoms with E-state index in [2.05, 4.69) is 6.92 Å². The molecule has 0 rings (SSSR count). The van der Waals surface area contributed by atoms with Gasteiger partial charge in [-0.3, -0.25) is 4.79 Å². The number of esters is 1. The Morgan fingerprint density at radius 1 is 0.941 bits per heavy atom. The van der Waals surface area contributed by atoms with Crippen molar-refractivity contribution >= 4 is 5.97 Å². The van der Waals surface area contributed by atoms with Gasteiger partial charge in [0.2, 0.25) is 0 Å². The van der Waals surface area contributed by atoms with E-state index in [4.69, 9.17) is 10.5 Å². The molecule has 0 saturated carbocycles. The maximum Gasteiger partial charge on any atom is 0.305 e. The van der Waals surface area contributed by atoms with E-state index in [1.165, 1.54) is 25.7 Å². The lowest BCUT2D eigenvalue weighted by Gasteiger charge is -2.04. The minimum atomic E-state index is -0.0263. The van der Waals surface area contributed by atoms with Gasteiger partial charge in [0, 0.05) is 6.42 Å². The van der Waals surface area contributed by atoms with E-state index in [1.54, 1.807) is 0 Å². The van der Waals surface area contributed by atoms with Crippen LogP contribution in [-0.2, 0) is 9.53 Å². The lowest BCUT2D eigenvalue weighted by molar-refractivity contribution is -0.143. The summed E-state index contributed by atoms with van der Waals surface area (Å²) in [5.74, 6) is -0.0263. The molecule has 0 saturated heterocycles. The lowest BCUT2D eigenvalue weighted by atomic mass is 10.1. The molecule has 3 nitrogen and oxygen atoms in total. The van der Waals surface area contributed by atoms with Crippen molar-refractivity contribution in [2.24, 2.45) is 5.73 Å². The number of carbonyl (C=O) groups is 1. The Kier molecular flexibility index (Phi) is 13.0. The third kappa shape index (κ3) is 13.4. The van der Waals surface area contributed by atoms with Crippen molar-refractivity contribution in [2.75, 3.05) is 13.2 Å². The average molecular weight is 243 g/mol. The smallest absolute Gasteiger partial charge is 0.305 e. The minimum absolute atomic E-state index is 0.0263. The SMILES string of the molecule is CCCCOC(=O)CCCCCCCCCN. The molecule has 0 radical (unpaired) electrons. The van der Waals surface area contributed by atoms with E-state index >= 15 is 0 Å². The second kappa shape index (κ2) is 13.5. The maximum absolute atomic E-state index is 11.3. The van der Waals surface area contributed by atoms with E-state index in [1.807, 2.05) is 0 Å². The number of carbonyl (C=O) groups excluding carboxylic acids is 1. The number of rotatable bonds is 12. The van der Waals surface area contributed by atoms with Gasteiger partial charge in [0.1, 0.15) is 0 Å². The van der Waals surface area contributed by atoms with Crippen LogP contribution in [0.2, 0.25) is 0 Å². The highest BCUT2D eigenvalue weighted by Crippen LogP contribution is 2.08. The Labute approximate surface area is 106 Å². The fourth-order valence-corrected chi connectivity index (χ4v) is 1.70. The summed E-state index contributed by atoms with van der Waals surface area (Å²) in [4.78, 5) is 11.3. The Bertz CT molecular complexity index is 172. The molecular weight excluding hydrogens is 214 g/mol. The highest BCUT2D eigenvalue weighted by Gasteiger charge is 2.01. The topological polar surface area (TPSA) is 52.3 Å². The summed E-state index contributed by atoms with van der Waals surface area (Å²) in [5, 5.41) is 0. The van der Waals surface area contributed by atoms with E-state index in [-0.39, 0.29) is 5.97 Å². The zero-order valence-electron chi connectivity index (χ0n) is 11.4. The highest BCUT2D eigenvalue weighted by atomic mass is 16.5. The standard InChI is InChI=1S/C14H29NO2/c1-2-3-13-17-14(16)11-9-7-5-4-6-8-10-12-15/h2-13,15H2,1H3. The quantitative estimate of drug-likeness (QED) is 0.422. The van der Waals surface area contributed by atoms with Crippen LogP contribution in [0.15, 0.2) is 0 Å². The first-order chi connectivity index (χ1) is 8.31. The fraction of sp³-hybridized carbons (Fsp3) is 0.929. The summed E-state index contributed by atoms with van der Waals surface area (Å²) < 4.78 is 5.09. The second-order valence-electron chi connectivity index (χ2n) is 4.59. The molecule has 0 unspecified atom stereocenters. The van der Waals surface area contributed by atoms with Crippen molar-refractivity contribution < 1.29 is 9.53 Å². The van der Waals surface area contributed by atoms with Gasteiger partial charge in [-0.1, -0.05) is 45.4 Å². The molecule has 0 spiro atoms. The van der Waals surface area contributed by atoms with Gasteiger partial charge in [-0.25, -0.2) is 0 Å². The van der Waals surface area contributed by atoms with Crippen LogP contribution < -0.4 is 5.73 Å². The molecular formula is C14H29NO2. The molecule has 0 aliphatic rings. The summed E-state index contributed by atoms with van der Waals surface area (Å²) >= 11 is 0. The van der Waals surface area contributed by atoms with Gasteiger partial charge in [-0.05, 0) is 25.8 Å². The Balaban J connectivity index is 3.08. The summed E-state index contributed by atoms with van der Waals surface area (Å²) in [7, 11) is 0. The van der Waals surface area contributed by atoms with Crippen LogP contribution >= 0.6 is 0 Å². The zero-order valence-corrected chi connectivity index (χ0v) is 11.4. The number of hydrogen-bond donors (Lipinski definition) is 1. The number of hydrogen-bond acceptors (Lipinski definition) is 3. The van der Waals surface area contributed by atoms with Crippen LogP contribution in [0.1, 0.15) is 71.1 Å². The molecule has 17 heavy (non-hydrogen) atoms. The third-order valence-electron chi connectivity index (χ3n) is 2.85. The van der Waals surface area contributed by atoms with Crippen LogP contribution in [0.4, 0.5) is 0 Å². The maximum atomic E-state index is 11.3. The summed E-state index contributed by atoms with van der Waals surface area (Å²) in [6.07, 6.45) is 10.9. The monoisotopic (exact) mass is 243 g/mol. The molecule has 0 aliphatic heterocycles. The Morgan fingerprint density at radius 2 is 1.53 bits per heavy atom. The number of nitrogens with two attached hydrogens (primary N) is 1. The van der Waals surface area contributed by atoms with Gasteiger partial charge < -0.3 is 10.5 Å². The number of unbranched alkanes of at least 4 members (excludes halogenated alkanes) is 7. The summed E-state index contributed by atoms with van der Waals surface area (Å²) in [6, 6.07) is 0. The first kappa shape index (κ1) is 16.4. The van der Waals surface area contributed by atoms with Crippen molar-refractivity contribution in [3.8, 4) is 0 Å². The van der Waals surface area contributed by atoms with Crippen LogP contribution in [0.3, 0.4) is 0 Å². The van der Waals surface area contributed by atoms with Crippen LogP contribution in [0, 0.1) is 0 Å². The van der Waals surface area contributed by atoms with Crippen LogP contribution in [0.25, 0.3) is 0 Å². The first-order valence-corrected chi connectivity index (χ1v) is 7.17. The van der Waals surface area contributed by atoms with Crippen molar-refractivity contribution in [1.29, 1.82) is 0 Å². The average Bonchev–Trinajstić information content (AvgIpc) is 2.33. The summed E-state index contributed by atoms with van der Waals surface area (Å²) in [5.41, 5.74) is 5.42. The zero-order chi connectivity index (χ0) is 12.8. The van der Waals surface area contributed by atoms with E-state index in [9.17, 15) is 4.79 Å². The van der Waals surface area contributed by atoms with Gasteiger partial charge >= 0.3 is 5.97 Å². The molecule has 0 aromatic carbocycles. The van der Waals surface area contributed by atoms with Crippen molar-refractivity contribution in [1.82, 2.24) is 0 Å². The predicted octanol–water partition coefficient (Wildman–Crippen LogP) is 3.41. The van der Waals surface area contributed by atoms with E-state index in [0.29, 0.717) is 13.0 Å². The second-order valence-corrected chi connectivity index (χ2v) is 4.59. The van der Waals surface area contributed by atoms with Gasteiger partial charge in [-0.15, -0.1) is 0 Å². The molecule has 102 valence electrons. The van der Waals surface area contributed by atoms with E-state index < -0.39 is 0 Å². The van der Waals surface area contributed by atoms with Gasteiger partial charge in [0.25, 0.3) is 0 Å². The normalized spacial score (nSPS) is 10.5. The van der Waals surface area contributed by atoms with Crippen molar-refractivity contribution in [3.05, 3.63) is 0 Å². The van der Waals surface area contributed by atoms with Crippen molar-refractivity contribution in [3.63, 3.8) is 0 Å². The molecule has 0 bridgehead atoms. The van der Waals surface area contributed by atoms with Crippen LogP contribution in [0.5, 0.6) is 0 Å². The van der Waals surface area contributed by atoms with Gasteiger partial charge in [0.05, 0.1) is 6.61 Å². The molecule has 0 aromatic rings. The molecule has 0 aliphatic carbocycles. The summed E-state index contributed by atoms with van der Waals surface area (Å²) in [6.45, 7) is 3.50. The Hall–Kier alpha value is -0.570. The molecule has 0 heterocycles. The predicted molar refractivity (Wildman–Crippen MR) is 71.9 cm³/mol. The highest BCUT2D eigenvalue weighted by molar-refractivity contribution is 5.69. The van der Waals surface area contributed by atoms with Gasteiger partial charge in [0.15, 0.2) is 0 Å². The molecule has 0 fully saturated rings. The fourth-order valence-electron chi connectivity index (χ4n) is 1.70. The third-order valence-corrected chi connectivity index (χ3v) is 2.85. The van der Waals surface area contributed by atoms with E-state index in [0.717, 1.165) is 38.6 Å². The first-order valence-electron chi connectivity index (χ1n) is 7.17. The van der Waals surface area contributed by atoms with Crippen LogP contribution in [-0.4, -0.2) is 19.1 Å². The Morgan fingerprint density at radius 3 is 2.12 bits per heavy atom. The molecule has 0 aromatic heterocycles. The molecule has 0 atom stereocenters. The number of ether oxygens (including phenoxy) is 1. The minimum Gasteiger partial charge on any atom is -0.466 e. The van der Waals surface area contributed by atoms with Crippen molar-refractivity contribution in [2.45, 2.75) is 71.1 Å². The molecule has 2 N–H and O–H groups in total. The lowest BCUT2D eigenvalue weighted by Crippen LogP contribution is -2.05. The largest absolute Gasteiger partial charge is 0.466 e. The van der Waals surface area contributed by atoms with Gasteiger partial charge in [-0.2, -0.15) is 0 Å².